The molecular weight excluding hydrogens is 287 g/mol. The molecule has 0 aliphatic rings. The van der Waals surface area contributed by atoms with Gasteiger partial charge in [0.1, 0.15) is 0 Å². The Morgan fingerprint density at radius 3 is 2.32 bits per heavy atom. The zero-order valence-corrected chi connectivity index (χ0v) is 16.0. The number of aliphatic carboxylic acids is 1. The largest absolute Gasteiger partial charge is 0.480 e. The van der Waals surface area contributed by atoms with Crippen molar-refractivity contribution < 1.29 is 9.90 Å². The van der Waals surface area contributed by atoms with E-state index in [1.807, 2.05) is 30.0 Å². The molecule has 2 N–H and O–H groups in total. The molecule has 0 aliphatic carbocycles. The smallest absolute Gasteiger partial charge is 0.327 e. The van der Waals surface area contributed by atoms with Crippen molar-refractivity contribution in [2.45, 2.75) is 45.6 Å². The van der Waals surface area contributed by atoms with E-state index in [2.05, 4.69) is 6.92 Å². The Morgan fingerprint density at radius 2 is 1.82 bits per heavy atom. The van der Waals surface area contributed by atoms with E-state index < -0.39 is 12.0 Å². The third-order valence-electron chi connectivity index (χ3n) is 3.66. The Morgan fingerprint density at radius 1 is 1.18 bits per heavy atom. The van der Waals surface area contributed by atoms with Crippen LogP contribution < -0.4 is 0 Å². The molecule has 0 heterocycles. The van der Waals surface area contributed by atoms with Gasteiger partial charge < -0.3 is 10.5 Å². The molecule has 1 radical (unpaired) electrons. The Labute approximate surface area is 155 Å². The van der Waals surface area contributed by atoms with E-state index >= 15 is 0 Å². The minimum Gasteiger partial charge on any atom is -0.480 e. The molecule has 1 atom stereocenters. The van der Waals surface area contributed by atoms with E-state index in [0.29, 0.717) is 12.1 Å². The second-order valence-corrected chi connectivity index (χ2v) is 5.21. The zero-order chi connectivity index (χ0) is 15.7. The fraction of sp³-hybridized carbons (Fsp3) is 0.529. The summed E-state index contributed by atoms with van der Waals surface area (Å²) >= 11 is 0. The summed E-state index contributed by atoms with van der Waals surface area (Å²) in [5.74, 6) is -0.943. The van der Waals surface area contributed by atoms with Gasteiger partial charge in [-0.25, -0.2) is 0 Å². The van der Waals surface area contributed by atoms with Gasteiger partial charge in [-0.05, 0) is 25.1 Å². The average Bonchev–Trinajstić information content (AvgIpc) is 2.50. The maximum Gasteiger partial charge on any atom is 0.327 e. The molecule has 0 unspecified atom stereocenters. The monoisotopic (exact) mass is 313 g/mol. The predicted octanol–water partition coefficient (Wildman–Crippen LogP) is 3.03. The average molecular weight is 313 g/mol. The molecule has 5 heteroatoms. The molecule has 0 aromatic heterocycles. The van der Waals surface area contributed by atoms with Gasteiger partial charge in [0.15, 0.2) is 6.04 Å². The maximum atomic E-state index is 11.6. The summed E-state index contributed by atoms with van der Waals surface area (Å²) in [5.41, 5.74) is 0.845. The van der Waals surface area contributed by atoms with E-state index in [9.17, 15) is 9.90 Å². The van der Waals surface area contributed by atoms with E-state index in [-0.39, 0.29) is 35.3 Å². The van der Waals surface area contributed by atoms with Crippen molar-refractivity contribution in [3.63, 3.8) is 0 Å². The van der Waals surface area contributed by atoms with Crippen LogP contribution in [0.4, 0.5) is 0 Å². The molecule has 22 heavy (non-hydrogen) atoms. The molecule has 4 nitrogen and oxygen atoms in total. The van der Waals surface area contributed by atoms with Crippen molar-refractivity contribution in [1.82, 2.24) is 4.90 Å². The zero-order valence-electron chi connectivity index (χ0n) is 14.0. The first kappa shape index (κ1) is 21.3. The van der Waals surface area contributed by atoms with Gasteiger partial charge in [-0.1, -0.05) is 63.4 Å². The predicted molar refractivity (Wildman–Crippen MR) is 91.8 cm³/mol. The molecule has 0 aliphatic heterocycles. The molecule has 0 saturated carbocycles. The number of hydrogen-bond donors (Lipinski definition) is 2. The summed E-state index contributed by atoms with van der Waals surface area (Å²) < 4.78 is 0. The van der Waals surface area contributed by atoms with Gasteiger partial charge in [-0.15, -0.1) is 0 Å². The number of hydrogen-bond acceptors (Lipinski definition) is 3. The molecule has 0 amide bonds. The van der Waals surface area contributed by atoms with Crippen LogP contribution >= 0.6 is 0 Å². The standard InChI is InChI=1S/C17H26N2O2.Na/c1-3-5-6-10-13-19(4-2)16(17(20)21)15(18)14-11-8-7-9-12-14;/h7-9,11-12,16,18H,3-6,10,13H2,1-2H3,(H,20,21);/t16-;/m0./s1. The fourth-order valence-corrected chi connectivity index (χ4v) is 2.45. The molecule has 1 aromatic carbocycles. The summed E-state index contributed by atoms with van der Waals surface area (Å²) in [6, 6.07) is 8.26. The number of nitrogens with one attached hydrogen (secondary N) is 1. The van der Waals surface area contributed by atoms with Crippen LogP contribution in [0.15, 0.2) is 30.3 Å². The molecule has 0 bridgehead atoms. The minimum absolute atomic E-state index is 0. The summed E-state index contributed by atoms with van der Waals surface area (Å²) in [7, 11) is 0. The van der Waals surface area contributed by atoms with E-state index in [1.165, 1.54) is 6.42 Å². The Kier molecular flexibility index (Phi) is 11.5. The van der Waals surface area contributed by atoms with Crippen LogP contribution in [0.25, 0.3) is 0 Å². The van der Waals surface area contributed by atoms with Crippen LogP contribution in [-0.4, -0.2) is 70.4 Å². The fourth-order valence-electron chi connectivity index (χ4n) is 2.45. The summed E-state index contributed by atoms with van der Waals surface area (Å²) in [6.45, 7) is 5.47. The van der Waals surface area contributed by atoms with Crippen molar-refractivity contribution >= 4 is 41.2 Å². The van der Waals surface area contributed by atoms with Gasteiger partial charge in [-0.2, -0.15) is 0 Å². The summed E-state index contributed by atoms with van der Waals surface area (Å²) in [4.78, 5) is 13.5. The number of nitrogens with zero attached hydrogens (tertiary/aromatic N) is 1. The van der Waals surface area contributed by atoms with Crippen LogP contribution in [0.1, 0.15) is 45.1 Å². The summed E-state index contributed by atoms with van der Waals surface area (Å²) in [6.07, 6.45) is 4.42. The van der Waals surface area contributed by atoms with E-state index in [0.717, 1.165) is 25.8 Å². The van der Waals surface area contributed by atoms with Crippen LogP contribution in [0.3, 0.4) is 0 Å². The van der Waals surface area contributed by atoms with Crippen LogP contribution in [0.5, 0.6) is 0 Å². The first-order valence-electron chi connectivity index (χ1n) is 7.72. The second-order valence-electron chi connectivity index (χ2n) is 5.21. The van der Waals surface area contributed by atoms with Crippen molar-refractivity contribution in [1.29, 1.82) is 5.41 Å². The van der Waals surface area contributed by atoms with Gasteiger partial charge >= 0.3 is 5.97 Å². The van der Waals surface area contributed by atoms with E-state index in [1.54, 1.807) is 12.1 Å². The van der Waals surface area contributed by atoms with Crippen LogP contribution in [0, 0.1) is 5.41 Å². The maximum absolute atomic E-state index is 11.6. The Balaban J connectivity index is 0.00000441. The number of carbonyl (C=O) groups is 1. The first-order chi connectivity index (χ1) is 10.1. The van der Waals surface area contributed by atoms with Crippen molar-refractivity contribution in [2.24, 2.45) is 0 Å². The first-order valence-corrected chi connectivity index (χ1v) is 7.72. The number of carboxylic acids is 1. The minimum atomic E-state index is -0.943. The normalized spacial score (nSPS) is 11.8. The van der Waals surface area contributed by atoms with Gasteiger partial charge in [-0.3, -0.25) is 9.69 Å². The number of likely N-dealkylation sites (N-methyl/N-ethyl adjacent to an activating group) is 1. The Hall–Kier alpha value is -0.680. The van der Waals surface area contributed by atoms with E-state index in [4.69, 9.17) is 5.41 Å². The number of rotatable bonds is 10. The third kappa shape index (κ3) is 6.61. The number of carboxylic acid groups (broad SMARTS) is 1. The second kappa shape index (κ2) is 11.8. The van der Waals surface area contributed by atoms with Gasteiger partial charge in [0, 0.05) is 29.6 Å². The van der Waals surface area contributed by atoms with Crippen molar-refractivity contribution in [3.8, 4) is 0 Å². The quantitative estimate of drug-likeness (QED) is 0.396. The third-order valence-corrected chi connectivity index (χ3v) is 3.66. The molecule has 1 rings (SSSR count). The molecule has 0 spiro atoms. The molecule has 117 valence electrons. The van der Waals surface area contributed by atoms with Crippen LogP contribution in [-0.2, 0) is 4.79 Å². The summed E-state index contributed by atoms with van der Waals surface area (Å²) in [5, 5.41) is 17.8. The van der Waals surface area contributed by atoms with Gasteiger partial charge in [0.05, 0.1) is 5.71 Å². The number of benzene rings is 1. The molecule has 1 aromatic rings. The topological polar surface area (TPSA) is 64.4 Å². The SMILES string of the molecule is CCCCCCN(CC)[C@@H](C(=N)c1ccccc1)C(=O)O.[Na]. The van der Waals surface area contributed by atoms with Crippen molar-refractivity contribution in [3.05, 3.63) is 35.9 Å². The number of unbranched alkanes of at least 4 members (excludes halogenated alkanes) is 3. The van der Waals surface area contributed by atoms with Crippen LogP contribution in [0.2, 0.25) is 0 Å². The molecule has 0 saturated heterocycles. The van der Waals surface area contributed by atoms with Crippen molar-refractivity contribution in [2.75, 3.05) is 13.1 Å². The molecular formula is C17H26N2NaO2. The van der Waals surface area contributed by atoms with Gasteiger partial charge in [0.25, 0.3) is 0 Å². The van der Waals surface area contributed by atoms with Gasteiger partial charge in [0.2, 0.25) is 0 Å². The molecule has 0 fully saturated rings. The Bertz CT molecular complexity index is 451.